The lowest BCUT2D eigenvalue weighted by Crippen LogP contribution is -2.32. The van der Waals surface area contributed by atoms with Crippen LogP contribution in [-0.4, -0.2) is 17.6 Å². The summed E-state index contributed by atoms with van der Waals surface area (Å²) in [4.78, 5) is 4.47. The molecule has 1 aromatic heterocycles. The van der Waals surface area contributed by atoms with Crippen molar-refractivity contribution in [2.75, 3.05) is 6.54 Å². The van der Waals surface area contributed by atoms with Crippen LogP contribution in [0.3, 0.4) is 0 Å². The molecule has 2 nitrogen and oxygen atoms in total. The molecule has 0 fully saturated rings. The summed E-state index contributed by atoms with van der Waals surface area (Å²) >= 11 is 3.41. The highest BCUT2D eigenvalue weighted by Crippen LogP contribution is 2.22. The minimum Gasteiger partial charge on any atom is -0.314 e. The van der Waals surface area contributed by atoms with Gasteiger partial charge in [-0.1, -0.05) is 13.8 Å². The predicted molar refractivity (Wildman–Crippen MR) is 68.1 cm³/mol. The number of pyridine rings is 1. The van der Waals surface area contributed by atoms with Crippen LogP contribution in [0.1, 0.15) is 38.8 Å². The summed E-state index contributed by atoms with van der Waals surface area (Å²) in [6, 6.07) is 4.64. The Hall–Kier alpha value is -0.410. The minimum atomic E-state index is 0.480. The first-order valence-electron chi connectivity index (χ1n) is 5.53. The number of hydrogen-bond acceptors (Lipinski definition) is 2. The van der Waals surface area contributed by atoms with E-state index in [4.69, 9.17) is 0 Å². The fraction of sp³-hybridized carbons (Fsp3) is 0.583. The van der Waals surface area contributed by atoms with Crippen molar-refractivity contribution in [3.63, 3.8) is 0 Å². The van der Waals surface area contributed by atoms with Gasteiger partial charge in [0.15, 0.2) is 0 Å². The molecule has 3 heteroatoms. The second-order valence-corrected chi connectivity index (χ2v) is 4.68. The molecule has 0 amide bonds. The average Bonchev–Trinajstić information content (AvgIpc) is 2.22. The highest BCUT2D eigenvalue weighted by molar-refractivity contribution is 9.10. The highest BCUT2D eigenvalue weighted by Gasteiger charge is 2.17. The maximum Gasteiger partial charge on any atom is 0.0450 e. The molecule has 0 saturated carbocycles. The van der Waals surface area contributed by atoms with Crippen LogP contribution in [0, 0.1) is 0 Å². The van der Waals surface area contributed by atoms with Gasteiger partial charge < -0.3 is 5.32 Å². The highest BCUT2D eigenvalue weighted by atomic mass is 79.9. The first-order valence-corrected chi connectivity index (χ1v) is 6.33. The predicted octanol–water partition coefficient (Wildman–Crippen LogP) is 3.34. The van der Waals surface area contributed by atoms with Crippen LogP contribution in [0.15, 0.2) is 22.8 Å². The molecule has 84 valence electrons. The Kier molecular flexibility index (Phi) is 5.26. The maximum absolute atomic E-state index is 4.47. The third-order valence-corrected chi connectivity index (χ3v) is 3.17. The molecule has 1 N–H and O–H groups in total. The lowest BCUT2D eigenvalue weighted by Gasteiger charge is -2.22. The van der Waals surface area contributed by atoms with Crippen LogP contribution in [0.2, 0.25) is 0 Å². The Morgan fingerprint density at radius 3 is 2.60 bits per heavy atom. The summed E-state index contributed by atoms with van der Waals surface area (Å²) in [5.74, 6) is 0.498. The van der Waals surface area contributed by atoms with Crippen molar-refractivity contribution >= 4 is 15.9 Å². The largest absolute Gasteiger partial charge is 0.314 e. The molecular weight excluding hydrogens is 252 g/mol. The van der Waals surface area contributed by atoms with Crippen LogP contribution in [0.25, 0.3) is 0 Å². The zero-order valence-electron chi connectivity index (χ0n) is 9.63. The van der Waals surface area contributed by atoms with E-state index in [0.29, 0.717) is 12.0 Å². The molecule has 1 aromatic rings. The summed E-state index contributed by atoms with van der Waals surface area (Å²) < 4.78 is 1.04. The zero-order valence-corrected chi connectivity index (χ0v) is 11.2. The van der Waals surface area contributed by atoms with E-state index < -0.39 is 0 Å². The second kappa shape index (κ2) is 6.23. The smallest absolute Gasteiger partial charge is 0.0450 e. The van der Waals surface area contributed by atoms with Gasteiger partial charge in [0.1, 0.15) is 0 Å². The van der Waals surface area contributed by atoms with Crippen LogP contribution in [0.5, 0.6) is 0 Å². The molecule has 0 saturated heterocycles. The molecule has 0 spiro atoms. The lowest BCUT2D eigenvalue weighted by atomic mass is 9.94. The maximum atomic E-state index is 4.47. The number of nitrogens with one attached hydrogen (secondary N) is 1. The molecule has 0 aliphatic carbocycles. The molecule has 1 rings (SSSR count). The van der Waals surface area contributed by atoms with E-state index in [0.717, 1.165) is 17.4 Å². The third kappa shape index (κ3) is 3.58. The van der Waals surface area contributed by atoms with Gasteiger partial charge in [-0.2, -0.15) is 0 Å². The Bertz CT molecular complexity index is 284. The molecule has 15 heavy (non-hydrogen) atoms. The van der Waals surface area contributed by atoms with Gasteiger partial charge in [-0.05, 0) is 48.0 Å². The molecule has 1 heterocycles. The number of rotatable bonds is 5. The molecule has 2 unspecified atom stereocenters. The summed E-state index contributed by atoms with van der Waals surface area (Å²) in [7, 11) is 0. The molecule has 0 radical (unpaired) electrons. The Morgan fingerprint density at radius 2 is 2.13 bits per heavy atom. The topological polar surface area (TPSA) is 24.9 Å². The van der Waals surface area contributed by atoms with Crippen molar-refractivity contribution in [2.24, 2.45) is 0 Å². The number of nitrogens with zero attached hydrogens (tertiary/aromatic N) is 1. The van der Waals surface area contributed by atoms with Gasteiger partial charge in [-0.25, -0.2) is 0 Å². The fourth-order valence-corrected chi connectivity index (χ4v) is 2.12. The summed E-state index contributed by atoms with van der Waals surface area (Å²) in [5.41, 5.74) is 1.18. The van der Waals surface area contributed by atoms with Crippen molar-refractivity contribution < 1.29 is 0 Å². The van der Waals surface area contributed by atoms with E-state index in [2.05, 4.69) is 59.1 Å². The number of halogens is 1. The zero-order chi connectivity index (χ0) is 11.3. The van der Waals surface area contributed by atoms with Crippen molar-refractivity contribution in [1.29, 1.82) is 0 Å². The van der Waals surface area contributed by atoms with Gasteiger partial charge in [0.05, 0.1) is 0 Å². The summed E-state index contributed by atoms with van der Waals surface area (Å²) in [5, 5.41) is 3.46. The van der Waals surface area contributed by atoms with Crippen LogP contribution in [0.4, 0.5) is 0 Å². The van der Waals surface area contributed by atoms with E-state index in [1.54, 1.807) is 0 Å². The molecular formula is C12H19BrN2. The molecule has 2 atom stereocenters. The Morgan fingerprint density at radius 1 is 1.40 bits per heavy atom. The van der Waals surface area contributed by atoms with Crippen molar-refractivity contribution in [3.8, 4) is 0 Å². The Balaban J connectivity index is 2.77. The van der Waals surface area contributed by atoms with Crippen molar-refractivity contribution in [1.82, 2.24) is 10.3 Å². The van der Waals surface area contributed by atoms with Gasteiger partial charge in [0.2, 0.25) is 0 Å². The molecule has 0 aliphatic heterocycles. The van der Waals surface area contributed by atoms with E-state index in [9.17, 15) is 0 Å². The van der Waals surface area contributed by atoms with E-state index in [1.807, 2.05) is 6.20 Å². The lowest BCUT2D eigenvalue weighted by molar-refractivity contribution is 0.453. The van der Waals surface area contributed by atoms with Crippen LogP contribution < -0.4 is 5.32 Å². The first kappa shape index (κ1) is 12.7. The number of likely N-dealkylation sites (N-methyl/N-ethyl adjacent to an activating group) is 1. The van der Waals surface area contributed by atoms with Gasteiger partial charge >= 0.3 is 0 Å². The standard InChI is InChI=1S/C12H19BrN2/c1-4-11(9(3)14-5-2)12-7-6-10(13)8-15-12/h6-9,11,14H,4-5H2,1-3H3. The first-order chi connectivity index (χ1) is 7.19. The van der Waals surface area contributed by atoms with Crippen LogP contribution >= 0.6 is 15.9 Å². The SMILES string of the molecule is CCNC(C)C(CC)c1ccc(Br)cn1. The fourth-order valence-electron chi connectivity index (χ4n) is 1.89. The van der Waals surface area contributed by atoms with Gasteiger partial charge in [0.25, 0.3) is 0 Å². The quantitative estimate of drug-likeness (QED) is 0.888. The van der Waals surface area contributed by atoms with E-state index in [-0.39, 0.29) is 0 Å². The monoisotopic (exact) mass is 270 g/mol. The van der Waals surface area contributed by atoms with E-state index in [1.165, 1.54) is 5.69 Å². The second-order valence-electron chi connectivity index (χ2n) is 3.76. The van der Waals surface area contributed by atoms with Gasteiger partial charge in [0, 0.05) is 28.3 Å². The summed E-state index contributed by atoms with van der Waals surface area (Å²) in [6.07, 6.45) is 2.99. The molecule has 0 aromatic carbocycles. The van der Waals surface area contributed by atoms with Gasteiger partial charge in [-0.3, -0.25) is 4.98 Å². The van der Waals surface area contributed by atoms with Crippen LogP contribution in [-0.2, 0) is 0 Å². The Labute approximate surface area is 101 Å². The van der Waals surface area contributed by atoms with E-state index >= 15 is 0 Å². The molecule has 0 bridgehead atoms. The van der Waals surface area contributed by atoms with Gasteiger partial charge in [-0.15, -0.1) is 0 Å². The third-order valence-electron chi connectivity index (χ3n) is 2.70. The summed E-state index contributed by atoms with van der Waals surface area (Å²) in [6.45, 7) is 7.58. The van der Waals surface area contributed by atoms with Crippen molar-refractivity contribution in [2.45, 2.75) is 39.2 Å². The number of hydrogen-bond donors (Lipinski definition) is 1. The molecule has 0 aliphatic rings. The average molecular weight is 271 g/mol. The minimum absolute atomic E-state index is 0.480. The normalized spacial score (nSPS) is 14.9. The number of aromatic nitrogens is 1. The van der Waals surface area contributed by atoms with Crippen molar-refractivity contribution in [3.05, 3.63) is 28.5 Å².